The highest BCUT2D eigenvalue weighted by molar-refractivity contribution is 7.14. The van der Waals surface area contributed by atoms with Crippen molar-refractivity contribution in [2.75, 3.05) is 13.1 Å². The number of aryl methyl sites for hydroxylation is 2. The molecule has 1 atom stereocenters. The molecule has 1 unspecified atom stereocenters. The lowest BCUT2D eigenvalue weighted by Crippen LogP contribution is -2.55. The number of fused-ring (bicyclic) bond motifs is 1. The monoisotopic (exact) mass is 264 g/mol. The van der Waals surface area contributed by atoms with Gasteiger partial charge in [0, 0.05) is 18.0 Å². The third-order valence-corrected chi connectivity index (χ3v) is 4.94. The summed E-state index contributed by atoms with van der Waals surface area (Å²) in [5, 5.41) is 2.78. The summed E-state index contributed by atoms with van der Waals surface area (Å²) in [7, 11) is 0. The number of carbonyl (C=O) groups is 2. The number of rotatable bonds is 1. The molecule has 2 aliphatic rings. The maximum absolute atomic E-state index is 12.4. The van der Waals surface area contributed by atoms with Crippen LogP contribution in [0.2, 0.25) is 0 Å². The summed E-state index contributed by atoms with van der Waals surface area (Å²) in [6.07, 6.45) is 3.40. The van der Waals surface area contributed by atoms with Gasteiger partial charge in [-0.05, 0) is 37.8 Å². The zero-order chi connectivity index (χ0) is 12.7. The lowest BCUT2D eigenvalue weighted by molar-refractivity contribution is -0.127. The maximum atomic E-state index is 12.4. The van der Waals surface area contributed by atoms with E-state index in [1.165, 1.54) is 16.9 Å². The molecular weight excluding hydrogens is 248 g/mol. The second kappa shape index (κ2) is 4.39. The van der Waals surface area contributed by atoms with E-state index in [2.05, 4.69) is 5.32 Å². The molecule has 2 amide bonds. The standard InChI is InChI=1S/C13H16N2O2S/c1-8-12(16)14-5-6-15(8)13(17)11-7-9-3-2-4-10(9)18-11/h7-8H,2-6H2,1H3,(H,14,16). The summed E-state index contributed by atoms with van der Waals surface area (Å²) >= 11 is 1.60. The third-order valence-electron chi connectivity index (χ3n) is 3.72. The first-order chi connectivity index (χ1) is 8.66. The molecule has 1 aliphatic heterocycles. The largest absolute Gasteiger partial charge is 0.353 e. The van der Waals surface area contributed by atoms with E-state index in [4.69, 9.17) is 0 Å². The van der Waals surface area contributed by atoms with Gasteiger partial charge in [-0.15, -0.1) is 11.3 Å². The van der Waals surface area contributed by atoms with Crippen LogP contribution in [-0.4, -0.2) is 35.8 Å². The van der Waals surface area contributed by atoms with E-state index >= 15 is 0 Å². The van der Waals surface area contributed by atoms with Crippen molar-refractivity contribution in [1.29, 1.82) is 0 Å². The van der Waals surface area contributed by atoms with Gasteiger partial charge in [-0.2, -0.15) is 0 Å². The molecule has 1 N–H and O–H groups in total. The smallest absolute Gasteiger partial charge is 0.264 e. The second-order valence-corrected chi connectivity index (χ2v) is 6.01. The minimum absolute atomic E-state index is 0.0109. The number of piperazine rings is 1. The first kappa shape index (κ1) is 11.7. The predicted molar refractivity (Wildman–Crippen MR) is 69.9 cm³/mol. The van der Waals surface area contributed by atoms with E-state index in [9.17, 15) is 9.59 Å². The van der Waals surface area contributed by atoms with Gasteiger partial charge in [-0.1, -0.05) is 0 Å². The molecule has 0 spiro atoms. The normalized spacial score (nSPS) is 22.8. The van der Waals surface area contributed by atoms with Crippen LogP contribution in [0, 0.1) is 0 Å². The fourth-order valence-corrected chi connectivity index (χ4v) is 3.85. The number of hydrogen-bond acceptors (Lipinski definition) is 3. The fraction of sp³-hybridized carbons (Fsp3) is 0.538. The van der Waals surface area contributed by atoms with Crippen molar-refractivity contribution >= 4 is 23.2 Å². The van der Waals surface area contributed by atoms with Crippen LogP contribution < -0.4 is 5.32 Å². The van der Waals surface area contributed by atoms with Gasteiger partial charge >= 0.3 is 0 Å². The number of nitrogens with zero attached hydrogens (tertiary/aromatic N) is 1. The molecule has 18 heavy (non-hydrogen) atoms. The number of amides is 2. The summed E-state index contributed by atoms with van der Waals surface area (Å²) in [4.78, 5) is 27.8. The van der Waals surface area contributed by atoms with Crippen LogP contribution in [0.5, 0.6) is 0 Å². The summed E-state index contributed by atoms with van der Waals surface area (Å²) in [5.74, 6) is -0.0459. The molecule has 0 aromatic carbocycles. The summed E-state index contributed by atoms with van der Waals surface area (Å²) in [6.45, 7) is 2.95. The van der Waals surface area contributed by atoms with E-state index < -0.39 is 0 Å². The molecule has 96 valence electrons. The van der Waals surface area contributed by atoms with Crippen LogP contribution in [0.1, 0.15) is 33.5 Å². The van der Waals surface area contributed by atoms with Gasteiger partial charge in [-0.3, -0.25) is 9.59 Å². The SMILES string of the molecule is CC1C(=O)NCCN1C(=O)c1cc2c(s1)CCC2. The van der Waals surface area contributed by atoms with Crippen LogP contribution >= 0.6 is 11.3 Å². The zero-order valence-corrected chi connectivity index (χ0v) is 11.2. The summed E-state index contributed by atoms with van der Waals surface area (Å²) < 4.78 is 0. The van der Waals surface area contributed by atoms with E-state index in [0.717, 1.165) is 17.7 Å². The minimum Gasteiger partial charge on any atom is -0.353 e. The van der Waals surface area contributed by atoms with Crippen molar-refractivity contribution < 1.29 is 9.59 Å². The average molecular weight is 264 g/mol. The highest BCUT2D eigenvalue weighted by Gasteiger charge is 2.31. The van der Waals surface area contributed by atoms with Crippen LogP contribution in [0.25, 0.3) is 0 Å². The van der Waals surface area contributed by atoms with Crippen LogP contribution in [0.4, 0.5) is 0 Å². The molecule has 1 aliphatic carbocycles. The predicted octanol–water partition coefficient (Wildman–Crippen LogP) is 1.20. The van der Waals surface area contributed by atoms with Crippen molar-refractivity contribution in [3.05, 3.63) is 21.4 Å². The molecule has 2 heterocycles. The summed E-state index contributed by atoms with van der Waals surface area (Å²) in [5.41, 5.74) is 1.33. The van der Waals surface area contributed by atoms with E-state index in [1.54, 1.807) is 23.2 Å². The Hall–Kier alpha value is -1.36. The number of hydrogen-bond donors (Lipinski definition) is 1. The van der Waals surface area contributed by atoms with Gasteiger partial charge in [0.15, 0.2) is 0 Å². The highest BCUT2D eigenvalue weighted by atomic mass is 32.1. The van der Waals surface area contributed by atoms with Crippen molar-refractivity contribution in [2.45, 2.75) is 32.2 Å². The molecule has 0 radical (unpaired) electrons. The van der Waals surface area contributed by atoms with Crippen LogP contribution in [-0.2, 0) is 17.6 Å². The van der Waals surface area contributed by atoms with Crippen LogP contribution in [0.15, 0.2) is 6.07 Å². The van der Waals surface area contributed by atoms with Gasteiger partial charge in [0.1, 0.15) is 6.04 Å². The second-order valence-electron chi connectivity index (χ2n) is 4.88. The van der Waals surface area contributed by atoms with E-state index in [-0.39, 0.29) is 17.9 Å². The molecule has 1 saturated heterocycles. The van der Waals surface area contributed by atoms with Gasteiger partial charge in [0.25, 0.3) is 5.91 Å². The molecule has 1 aromatic rings. The average Bonchev–Trinajstić information content (AvgIpc) is 2.92. The van der Waals surface area contributed by atoms with Crippen molar-refractivity contribution in [3.8, 4) is 0 Å². The molecule has 0 bridgehead atoms. The Morgan fingerprint density at radius 2 is 2.33 bits per heavy atom. The number of thiophene rings is 1. The Morgan fingerprint density at radius 3 is 3.11 bits per heavy atom. The Kier molecular flexibility index (Phi) is 2.86. The Bertz CT molecular complexity index is 488. The lowest BCUT2D eigenvalue weighted by Gasteiger charge is -2.32. The zero-order valence-electron chi connectivity index (χ0n) is 10.4. The van der Waals surface area contributed by atoms with E-state index in [1.807, 2.05) is 6.07 Å². The van der Waals surface area contributed by atoms with E-state index in [0.29, 0.717) is 13.1 Å². The van der Waals surface area contributed by atoms with Gasteiger partial charge in [-0.25, -0.2) is 0 Å². The molecule has 5 heteroatoms. The molecule has 1 fully saturated rings. The first-order valence-corrected chi connectivity index (χ1v) is 7.19. The first-order valence-electron chi connectivity index (χ1n) is 6.37. The van der Waals surface area contributed by atoms with Gasteiger partial charge in [0.05, 0.1) is 4.88 Å². The Labute approximate surface area is 110 Å². The third kappa shape index (κ3) is 1.82. The topological polar surface area (TPSA) is 49.4 Å². The van der Waals surface area contributed by atoms with Crippen molar-refractivity contribution in [1.82, 2.24) is 10.2 Å². The molecule has 4 nitrogen and oxygen atoms in total. The van der Waals surface area contributed by atoms with Crippen LogP contribution in [0.3, 0.4) is 0 Å². The molecule has 0 saturated carbocycles. The lowest BCUT2D eigenvalue weighted by atomic mass is 10.2. The summed E-state index contributed by atoms with van der Waals surface area (Å²) in [6, 6.07) is 1.66. The van der Waals surface area contributed by atoms with Crippen molar-refractivity contribution in [3.63, 3.8) is 0 Å². The van der Waals surface area contributed by atoms with Gasteiger partial charge < -0.3 is 10.2 Å². The Balaban J connectivity index is 1.83. The Morgan fingerprint density at radius 1 is 1.50 bits per heavy atom. The number of nitrogens with one attached hydrogen (secondary N) is 1. The quantitative estimate of drug-likeness (QED) is 0.828. The molecular formula is C13H16N2O2S. The number of carbonyl (C=O) groups excluding carboxylic acids is 2. The molecule has 3 rings (SSSR count). The highest BCUT2D eigenvalue weighted by Crippen LogP contribution is 2.31. The fourth-order valence-electron chi connectivity index (χ4n) is 2.64. The van der Waals surface area contributed by atoms with Crippen molar-refractivity contribution in [2.24, 2.45) is 0 Å². The maximum Gasteiger partial charge on any atom is 0.264 e. The molecule has 1 aromatic heterocycles. The minimum atomic E-state index is -0.358. The van der Waals surface area contributed by atoms with Gasteiger partial charge in [0.2, 0.25) is 5.91 Å².